The lowest BCUT2D eigenvalue weighted by molar-refractivity contribution is 0.464. The van der Waals surface area contributed by atoms with Gasteiger partial charge in [0.05, 0.1) is 17.3 Å². The van der Waals surface area contributed by atoms with E-state index in [9.17, 15) is 15.0 Å². The Labute approximate surface area is 111 Å². The Hall–Kier alpha value is -2.10. The Morgan fingerprint density at radius 3 is 2.68 bits per heavy atom. The number of phenols is 1. The lowest BCUT2D eigenvalue weighted by atomic mass is 10.0. The van der Waals surface area contributed by atoms with Crippen molar-refractivity contribution in [1.82, 2.24) is 4.98 Å². The largest absolute Gasteiger partial charge is 0.507 e. The minimum Gasteiger partial charge on any atom is -0.507 e. The van der Waals surface area contributed by atoms with Gasteiger partial charge in [-0.2, -0.15) is 0 Å². The molecule has 2 aromatic rings. The third-order valence-electron chi connectivity index (χ3n) is 3.11. The van der Waals surface area contributed by atoms with E-state index in [2.05, 4.69) is 18.8 Å². The Balaban J connectivity index is 2.68. The van der Waals surface area contributed by atoms with Crippen LogP contribution in [0.15, 0.2) is 29.2 Å². The van der Waals surface area contributed by atoms with Crippen molar-refractivity contribution in [3.8, 4) is 11.5 Å². The van der Waals surface area contributed by atoms with Gasteiger partial charge in [-0.15, -0.1) is 0 Å². The highest BCUT2D eigenvalue weighted by Crippen LogP contribution is 2.29. The van der Waals surface area contributed by atoms with Crippen LogP contribution >= 0.6 is 0 Å². The van der Waals surface area contributed by atoms with Crippen LogP contribution < -0.4 is 5.43 Å². The number of aryl methyl sites for hydroxylation is 1. The van der Waals surface area contributed by atoms with Crippen LogP contribution in [0, 0.1) is 5.92 Å². The summed E-state index contributed by atoms with van der Waals surface area (Å²) in [5, 5.41) is 20.5. The number of rotatable bonds is 3. The van der Waals surface area contributed by atoms with Gasteiger partial charge in [-0.25, -0.2) is 0 Å². The van der Waals surface area contributed by atoms with E-state index in [4.69, 9.17) is 0 Å². The Kier molecular flexibility index (Phi) is 3.69. The number of benzene rings is 1. The van der Waals surface area contributed by atoms with Crippen molar-refractivity contribution in [3.63, 3.8) is 0 Å². The topological polar surface area (TPSA) is 70.4 Å². The van der Waals surface area contributed by atoms with Crippen LogP contribution in [0.2, 0.25) is 0 Å². The fraction of sp³-hybridized carbons (Fsp3) is 0.333. The van der Waals surface area contributed by atoms with Crippen LogP contribution in [-0.4, -0.2) is 15.2 Å². The maximum atomic E-state index is 11.9. The molecule has 0 saturated carbocycles. The zero-order chi connectivity index (χ0) is 14.0. The first-order chi connectivity index (χ1) is 9.00. The summed E-state index contributed by atoms with van der Waals surface area (Å²) in [7, 11) is 0. The average molecular weight is 259 g/mol. The molecule has 0 aliphatic carbocycles. The van der Waals surface area contributed by atoms with Gasteiger partial charge in [0.1, 0.15) is 11.5 Å². The normalized spacial score (nSPS) is 11.1. The van der Waals surface area contributed by atoms with Crippen LogP contribution in [0.3, 0.4) is 0 Å². The molecule has 0 radical (unpaired) electrons. The molecular formula is C15H17NO3. The molecule has 0 atom stereocenters. The summed E-state index contributed by atoms with van der Waals surface area (Å²) >= 11 is 0. The van der Waals surface area contributed by atoms with Crippen molar-refractivity contribution in [3.05, 3.63) is 40.3 Å². The lowest BCUT2D eigenvalue weighted by Gasteiger charge is -2.04. The van der Waals surface area contributed by atoms with Gasteiger partial charge < -0.3 is 10.2 Å². The standard InChI is InChI=1S/C15H17NO3/c1-9(2)6-7-11-15(19)10-4-3-5-12(17)14(10)13(18)8-16-11/h3-5,8-9,17,19H,6-7H2,1-2H3. The van der Waals surface area contributed by atoms with Crippen molar-refractivity contribution in [2.45, 2.75) is 26.7 Å². The average Bonchev–Trinajstić information content (AvgIpc) is 2.48. The van der Waals surface area contributed by atoms with Gasteiger partial charge >= 0.3 is 0 Å². The molecule has 2 rings (SSSR count). The van der Waals surface area contributed by atoms with Crippen molar-refractivity contribution in [1.29, 1.82) is 0 Å². The molecule has 0 aliphatic rings. The third-order valence-corrected chi connectivity index (χ3v) is 3.11. The smallest absolute Gasteiger partial charge is 0.208 e. The lowest BCUT2D eigenvalue weighted by Crippen LogP contribution is -1.96. The molecule has 2 N–H and O–H groups in total. The summed E-state index contributed by atoms with van der Waals surface area (Å²) in [6.45, 7) is 4.17. The van der Waals surface area contributed by atoms with E-state index in [-0.39, 0.29) is 22.3 Å². The predicted molar refractivity (Wildman–Crippen MR) is 74.5 cm³/mol. The number of hydrogen-bond acceptors (Lipinski definition) is 4. The maximum Gasteiger partial charge on any atom is 0.208 e. The highest BCUT2D eigenvalue weighted by atomic mass is 16.3. The fourth-order valence-corrected chi connectivity index (χ4v) is 2.02. The number of aromatic nitrogens is 1. The molecule has 0 fully saturated rings. The van der Waals surface area contributed by atoms with Crippen LogP contribution in [0.1, 0.15) is 26.0 Å². The summed E-state index contributed by atoms with van der Waals surface area (Å²) < 4.78 is 0. The van der Waals surface area contributed by atoms with Gasteiger partial charge in [0.25, 0.3) is 0 Å². The van der Waals surface area contributed by atoms with Crippen LogP contribution in [0.25, 0.3) is 10.8 Å². The minimum absolute atomic E-state index is 0.0198. The van der Waals surface area contributed by atoms with Gasteiger partial charge in [0.15, 0.2) is 0 Å². The van der Waals surface area contributed by atoms with Crippen molar-refractivity contribution in [2.75, 3.05) is 0 Å². The first-order valence-corrected chi connectivity index (χ1v) is 6.33. The number of nitrogens with zero attached hydrogens (tertiary/aromatic N) is 1. The van der Waals surface area contributed by atoms with E-state index in [1.807, 2.05) is 0 Å². The van der Waals surface area contributed by atoms with Gasteiger partial charge in [-0.1, -0.05) is 26.0 Å². The Morgan fingerprint density at radius 1 is 1.26 bits per heavy atom. The number of aromatic hydroxyl groups is 2. The molecule has 4 nitrogen and oxygen atoms in total. The second-order valence-corrected chi connectivity index (χ2v) is 5.05. The van der Waals surface area contributed by atoms with Crippen LogP contribution in [0.5, 0.6) is 11.5 Å². The summed E-state index contributed by atoms with van der Waals surface area (Å²) in [5.41, 5.74) is 0.102. The molecule has 100 valence electrons. The molecule has 4 heteroatoms. The first kappa shape index (κ1) is 13.3. The molecule has 1 aromatic heterocycles. The summed E-state index contributed by atoms with van der Waals surface area (Å²) in [6, 6.07) is 4.65. The van der Waals surface area contributed by atoms with Crippen molar-refractivity contribution < 1.29 is 10.2 Å². The zero-order valence-corrected chi connectivity index (χ0v) is 11.1. The summed E-state index contributed by atoms with van der Waals surface area (Å²) in [4.78, 5) is 16.0. The van der Waals surface area contributed by atoms with Crippen molar-refractivity contribution >= 4 is 10.8 Å². The van der Waals surface area contributed by atoms with Crippen molar-refractivity contribution in [2.24, 2.45) is 5.92 Å². The maximum absolute atomic E-state index is 11.9. The molecule has 1 heterocycles. The number of hydrogen-bond donors (Lipinski definition) is 2. The van der Waals surface area contributed by atoms with Gasteiger partial charge in [0, 0.05) is 5.39 Å². The molecule has 0 saturated heterocycles. The quantitative estimate of drug-likeness (QED) is 0.888. The van der Waals surface area contributed by atoms with Gasteiger partial charge in [-0.05, 0) is 24.8 Å². The first-order valence-electron chi connectivity index (χ1n) is 6.33. The summed E-state index contributed by atoms with van der Waals surface area (Å²) in [6.07, 6.45) is 2.64. The minimum atomic E-state index is -0.390. The third kappa shape index (κ3) is 2.67. The molecular weight excluding hydrogens is 242 g/mol. The van der Waals surface area contributed by atoms with Crippen LogP contribution in [0.4, 0.5) is 0 Å². The highest BCUT2D eigenvalue weighted by molar-refractivity contribution is 5.92. The van der Waals surface area contributed by atoms with E-state index in [0.29, 0.717) is 23.4 Å². The molecule has 0 amide bonds. The second kappa shape index (κ2) is 5.26. The molecule has 0 spiro atoms. The monoisotopic (exact) mass is 259 g/mol. The molecule has 0 bridgehead atoms. The molecule has 0 unspecified atom stereocenters. The van der Waals surface area contributed by atoms with Gasteiger partial charge in [0.2, 0.25) is 5.43 Å². The highest BCUT2D eigenvalue weighted by Gasteiger charge is 2.11. The van der Waals surface area contributed by atoms with E-state index >= 15 is 0 Å². The van der Waals surface area contributed by atoms with E-state index in [1.165, 1.54) is 6.07 Å². The molecule has 1 aromatic carbocycles. The van der Waals surface area contributed by atoms with Gasteiger partial charge in [-0.3, -0.25) is 9.78 Å². The van der Waals surface area contributed by atoms with E-state index < -0.39 is 0 Å². The van der Waals surface area contributed by atoms with E-state index in [0.717, 1.165) is 12.6 Å². The zero-order valence-electron chi connectivity index (χ0n) is 11.1. The Bertz CT molecular complexity index is 665. The summed E-state index contributed by atoms with van der Waals surface area (Å²) in [5.74, 6) is 0.331. The van der Waals surface area contributed by atoms with E-state index in [1.54, 1.807) is 12.1 Å². The SMILES string of the molecule is CC(C)CCc1ncc(=O)c2c(O)cccc2c1O. The molecule has 19 heavy (non-hydrogen) atoms. The predicted octanol–water partition coefficient (Wildman–Crippen LogP) is 2.59. The van der Waals surface area contributed by atoms with Crippen LogP contribution in [-0.2, 0) is 6.42 Å². The Morgan fingerprint density at radius 2 is 2.00 bits per heavy atom. The number of fused-ring (bicyclic) bond motifs is 1. The fourth-order valence-electron chi connectivity index (χ4n) is 2.02. The number of phenolic OH excluding ortho intramolecular Hbond substituents is 1. The second-order valence-electron chi connectivity index (χ2n) is 5.05. The molecule has 0 aliphatic heterocycles.